The number of carbonyl (C=O) groups excluding carboxylic acids is 1. The molecule has 2 aromatic rings. The number of rotatable bonds is 7. The van der Waals surface area contributed by atoms with Crippen LogP contribution in [0, 0.1) is 6.92 Å². The van der Waals surface area contributed by atoms with E-state index in [2.05, 4.69) is 41.8 Å². The van der Waals surface area contributed by atoms with Crippen molar-refractivity contribution in [2.24, 2.45) is 0 Å². The Bertz CT molecular complexity index is 646. The van der Waals surface area contributed by atoms with Gasteiger partial charge in [0.2, 0.25) is 0 Å². The van der Waals surface area contributed by atoms with Gasteiger partial charge in [-0.1, -0.05) is 42.0 Å². The highest BCUT2D eigenvalue weighted by molar-refractivity contribution is 7.98. The van der Waals surface area contributed by atoms with Gasteiger partial charge >= 0.3 is 6.03 Å². The molecule has 122 valence electrons. The number of hydrogen-bond donors (Lipinski definition) is 2. The highest BCUT2D eigenvalue weighted by atomic mass is 32.2. The first-order valence-corrected chi connectivity index (χ1v) is 8.65. The Morgan fingerprint density at radius 3 is 2.78 bits per heavy atom. The molecule has 2 aromatic carbocycles. The van der Waals surface area contributed by atoms with E-state index in [-0.39, 0.29) is 6.03 Å². The van der Waals surface area contributed by atoms with Crippen molar-refractivity contribution in [3.8, 4) is 5.75 Å². The molecular formula is C18H22N2O2S. The van der Waals surface area contributed by atoms with Gasteiger partial charge in [-0.2, -0.15) is 11.8 Å². The first-order valence-electron chi connectivity index (χ1n) is 7.50. The molecule has 0 spiro atoms. The molecule has 0 saturated carbocycles. The van der Waals surface area contributed by atoms with Gasteiger partial charge in [-0.15, -0.1) is 0 Å². The molecule has 0 aliphatic rings. The Morgan fingerprint density at radius 1 is 1.17 bits per heavy atom. The van der Waals surface area contributed by atoms with Crippen molar-refractivity contribution in [1.82, 2.24) is 5.32 Å². The Balaban J connectivity index is 1.67. The molecule has 0 unspecified atom stereocenters. The van der Waals surface area contributed by atoms with Gasteiger partial charge < -0.3 is 15.4 Å². The predicted molar refractivity (Wildman–Crippen MR) is 97.4 cm³/mol. The number of thioether (sulfide) groups is 1. The van der Waals surface area contributed by atoms with Crippen LogP contribution in [-0.2, 0) is 5.75 Å². The SMILES string of the molecule is COc1ccccc1NC(=O)NCCSCc1cccc(C)c1. The molecule has 0 atom stereocenters. The molecule has 4 nitrogen and oxygen atoms in total. The predicted octanol–water partition coefficient (Wildman–Crippen LogP) is 4.06. The number of aryl methyl sites for hydroxylation is 1. The molecule has 0 heterocycles. The lowest BCUT2D eigenvalue weighted by molar-refractivity contribution is 0.252. The summed E-state index contributed by atoms with van der Waals surface area (Å²) in [6, 6.07) is 15.6. The minimum absolute atomic E-state index is 0.217. The summed E-state index contributed by atoms with van der Waals surface area (Å²) in [6.45, 7) is 2.72. The summed E-state index contributed by atoms with van der Waals surface area (Å²) in [6.07, 6.45) is 0. The largest absolute Gasteiger partial charge is 0.495 e. The Labute approximate surface area is 141 Å². The third kappa shape index (κ3) is 5.87. The maximum Gasteiger partial charge on any atom is 0.319 e. The van der Waals surface area contributed by atoms with Gasteiger partial charge in [0, 0.05) is 18.1 Å². The number of urea groups is 1. The summed E-state index contributed by atoms with van der Waals surface area (Å²) in [4.78, 5) is 11.9. The average molecular weight is 330 g/mol. The summed E-state index contributed by atoms with van der Waals surface area (Å²) in [5.74, 6) is 2.47. The molecule has 0 aliphatic heterocycles. The van der Waals surface area contributed by atoms with E-state index in [0.717, 1.165) is 11.5 Å². The number of benzene rings is 2. The number of amides is 2. The van der Waals surface area contributed by atoms with Crippen molar-refractivity contribution in [3.05, 3.63) is 59.7 Å². The molecular weight excluding hydrogens is 308 g/mol. The van der Waals surface area contributed by atoms with Crippen LogP contribution >= 0.6 is 11.8 Å². The number of ether oxygens (including phenoxy) is 1. The summed E-state index contributed by atoms with van der Waals surface area (Å²) < 4.78 is 5.20. The van der Waals surface area contributed by atoms with Crippen LogP contribution in [0.25, 0.3) is 0 Å². The van der Waals surface area contributed by atoms with Gasteiger partial charge in [0.1, 0.15) is 5.75 Å². The second-order valence-corrected chi connectivity index (χ2v) is 6.23. The lowest BCUT2D eigenvalue weighted by Crippen LogP contribution is -2.30. The van der Waals surface area contributed by atoms with Crippen molar-refractivity contribution in [3.63, 3.8) is 0 Å². The maximum atomic E-state index is 11.9. The molecule has 0 radical (unpaired) electrons. The van der Waals surface area contributed by atoms with E-state index < -0.39 is 0 Å². The highest BCUT2D eigenvalue weighted by Crippen LogP contribution is 2.22. The molecule has 0 aromatic heterocycles. The molecule has 2 rings (SSSR count). The smallest absolute Gasteiger partial charge is 0.319 e. The summed E-state index contributed by atoms with van der Waals surface area (Å²) in [5.41, 5.74) is 3.26. The van der Waals surface area contributed by atoms with Gasteiger partial charge in [-0.05, 0) is 24.6 Å². The fraction of sp³-hybridized carbons (Fsp3) is 0.278. The third-order valence-corrected chi connectivity index (χ3v) is 4.27. The molecule has 2 amide bonds. The number of carbonyl (C=O) groups is 1. The van der Waals surface area contributed by atoms with Crippen LogP contribution in [0.3, 0.4) is 0 Å². The van der Waals surface area contributed by atoms with Gasteiger partial charge in [0.25, 0.3) is 0 Å². The first-order chi connectivity index (χ1) is 11.2. The standard InChI is InChI=1S/C18H22N2O2S/c1-14-6-5-7-15(12-14)13-23-11-10-19-18(21)20-16-8-3-4-9-17(16)22-2/h3-9,12H,10-11,13H2,1-2H3,(H2,19,20,21). The fourth-order valence-corrected chi connectivity index (χ4v) is 2.95. The molecule has 0 bridgehead atoms. The van der Waals surface area contributed by atoms with Crippen LogP contribution in [0.4, 0.5) is 10.5 Å². The molecule has 23 heavy (non-hydrogen) atoms. The zero-order valence-electron chi connectivity index (χ0n) is 13.5. The number of nitrogens with one attached hydrogen (secondary N) is 2. The van der Waals surface area contributed by atoms with Gasteiger partial charge in [0.05, 0.1) is 12.8 Å². The minimum Gasteiger partial charge on any atom is -0.495 e. The lowest BCUT2D eigenvalue weighted by atomic mass is 10.2. The van der Waals surface area contributed by atoms with Crippen molar-refractivity contribution in [2.75, 3.05) is 24.7 Å². The molecule has 0 aliphatic carbocycles. The van der Waals surface area contributed by atoms with E-state index in [0.29, 0.717) is 18.0 Å². The number of anilines is 1. The van der Waals surface area contributed by atoms with Crippen LogP contribution in [0.1, 0.15) is 11.1 Å². The second-order valence-electron chi connectivity index (χ2n) is 5.12. The van der Waals surface area contributed by atoms with E-state index in [1.165, 1.54) is 11.1 Å². The summed E-state index contributed by atoms with van der Waals surface area (Å²) in [5, 5.41) is 5.65. The lowest BCUT2D eigenvalue weighted by Gasteiger charge is -2.10. The number of para-hydroxylation sites is 2. The van der Waals surface area contributed by atoms with E-state index in [9.17, 15) is 4.79 Å². The van der Waals surface area contributed by atoms with E-state index in [1.54, 1.807) is 18.9 Å². The van der Waals surface area contributed by atoms with Crippen LogP contribution in [0.15, 0.2) is 48.5 Å². The topological polar surface area (TPSA) is 50.4 Å². The van der Waals surface area contributed by atoms with E-state index >= 15 is 0 Å². The third-order valence-electron chi connectivity index (χ3n) is 3.24. The number of methoxy groups -OCH3 is 1. The Morgan fingerprint density at radius 2 is 2.00 bits per heavy atom. The second kappa shape index (κ2) is 9.10. The quantitative estimate of drug-likeness (QED) is 0.753. The van der Waals surface area contributed by atoms with Crippen molar-refractivity contribution in [2.45, 2.75) is 12.7 Å². The maximum absolute atomic E-state index is 11.9. The summed E-state index contributed by atoms with van der Waals surface area (Å²) >= 11 is 1.80. The Kier molecular flexibility index (Phi) is 6.81. The zero-order chi connectivity index (χ0) is 16.5. The number of hydrogen-bond acceptors (Lipinski definition) is 3. The monoisotopic (exact) mass is 330 g/mol. The van der Waals surface area contributed by atoms with E-state index in [4.69, 9.17) is 4.74 Å². The highest BCUT2D eigenvalue weighted by Gasteiger charge is 2.05. The molecule has 0 fully saturated rings. The van der Waals surface area contributed by atoms with Crippen LogP contribution in [0.5, 0.6) is 5.75 Å². The van der Waals surface area contributed by atoms with Crippen LogP contribution in [-0.4, -0.2) is 25.4 Å². The van der Waals surface area contributed by atoms with Gasteiger partial charge in [-0.3, -0.25) is 0 Å². The zero-order valence-corrected chi connectivity index (χ0v) is 14.3. The van der Waals surface area contributed by atoms with Crippen LogP contribution in [0.2, 0.25) is 0 Å². The molecule has 2 N–H and O–H groups in total. The molecule has 5 heteroatoms. The normalized spacial score (nSPS) is 10.2. The van der Waals surface area contributed by atoms with Crippen molar-refractivity contribution >= 4 is 23.5 Å². The summed E-state index contributed by atoms with van der Waals surface area (Å²) in [7, 11) is 1.58. The average Bonchev–Trinajstić information content (AvgIpc) is 2.55. The fourth-order valence-electron chi connectivity index (χ4n) is 2.14. The minimum atomic E-state index is -0.217. The molecule has 0 saturated heterocycles. The van der Waals surface area contributed by atoms with Crippen molar-refractivity contribution in [1.29, 1.82) is 0 Å². The van der Waals surface area contributed by atoms with Gasteiger partial charge in [-0.25, -0.2) is 4.79 Å². The van der Waals surface area contributed by atoms with Gasteiger partial charge in [0.15, 0.2) is 0 Å². The Hall–Kier alpha value is -2.14. The van der Waals surface area contributed by atoms with Crippen LogP contribution < -0.4 is 15.4 Å². The first kappa shape index (κ1) is 17.2. The van der Waals surface area contributed by atoms with E-state index in [1.807, 2.05) is 24.3 Å². The van der Waals surface area contributed by atoms with Crippen molar-refractivity contribution < 1.29 is 9.53 Å².